The molecule has 0 aliphatic rings. The summed E-state index contributed by atoms with van der Waals surface area (Å²) in [6.07, 6.45) is 4.17. The highest BCUT2D eigenvalue weighted by molar-refractivity contribution is 7.15. The predicted octanol–water partition coefficient (Wildman–Crippen LogP) is 1.42. The van der Waals surface area contributed by atoms with Crippen LogP contribution in [0.3, 0.4) is 0 Å². The topological polar surface area (TPSA) is 68.2 Å². The van der Waals surface area contributed by atoms with Crippen molar-refractivity contribution in [2.45, 2.75) is 19.9 Å². The molecule has 3 aromatic heterocycles. The second kappa shape index (κ2) is 4.87. The normalized spacial score (nSPS) is 11.4. The zero-order valence-electron chi connectivity index (χ0n) is 9.96. The number of aryl methyl sites for hydroxylation is 1. The van der Waals surface area contributed by atoms with Crippen molar-refractivity contribution < 1.29 is 4.52 Å². The van der Waals surface area contributed by atoms with E-state index in [1.807, 2.05) is 12.3 Å². The van der Waals surface area contributed by atoms with E-state index >= 15 is 0 Å². The van der Waals surface area contributed by atoms with E-state index < -0.39 is 0 Å². The number of fused-ring (bicyclic) bond motifs is 1. The molecule has 0 unspecified atom stereocenters. The van der Waals surface area contributed by atoms with Gasteiger partial charge in [-0.05, 0) is 6.92 Å². The van der Waals surface area contributed by atoms with Crippen molar-refractivity contribution in [3.63, 3.8) is 0 Å². The lowest BCUT2D eigenvalue weighted by molar-refractivity contribution is 0.409. The van der Waals surface area contributed by atoms with Gasteiger partial charge in [-0.1, -0.05) is 5.16 Å². The molecule has 0 spiro atoms. The average molecular weight is 263 g/mol. The maximum atomic E-state index is 4.68. The molecule has 0 aliphatic heterocycles. The molecule has 3 aromatic rings. The lowest BCUT2D eigenvalue weighted by Crippen LogP contribution is -2.18. The van der Waals surface area contributed by atoms with Crippen LogP contribution in [0.5, 0.6) is 0 Å². The van der Waals surface area contributed by atoms with E-state index in [-0.39, 0.29) is 0 Å². The van der Waals surface area contributed by atoms with Gasteiger partial charge >= 0.3 is 0 Å². The summed E-state index contributed by atoms with van der Waals surface area (Å²) in [6.45, 7) is 3.65. The quantitative estimate of drug-likeness (QED) is 0.705. The molecule has 0 amide bonds. The van der Waals surface area contributed by atoms with E-state index in [0.717, 1.165) is 36.0 Å². The number of nitrogens with zero attached hydrogens (tertiary/aromatic N) is 4. The van der Waals surface area contributed by atoms with Gasteiger partial charge < -0.3 is 9.84 Å². The zero-order valence-corrected chi connectivity index (χ0v) is 10.8. The summed E-state index contributed by atoms with van der Waals surface area (Å²) >= 11 is 1.65. The molecule has 0 aromatic carbocycles. The van der Waals surface area contributed by atoms with Gasteiger partial charge in [0.1, 0.15) is 0 Å². The highest BCUT2D eigenvalue weighted by Crippen LogP contribution is 2.16. The second-order valence-corrected chi connectivity index (χ2v) is 4.85. The van der Waals surface area contributed by atoms with Gasteiger partial charge in [0.15, 0.2) is 10.8 Å². The van der Waals surface area contributed by atoms with Crippen LogP contribution in [0.1, 0.15) is 17.2 Å². The van der Waals surface area contributed by atoms with E-state index in [2.05, 4.69) is 35.6 Å². The molecule has 0 aliphatic carbocycles. The first-order chi connectivity index (χ1) is 8.84. The van der Waals surface area contributed by atoms with E-state index in [0.29, 0.717) is 0 Å². The molecular weight excluding hydrogens is 250 g/mol. The number of nitrogens with one attached hydrogen (secondary N) is 1. The highest BCUT2D eigenvalue weighted by Gasteiger charge is 2.08. The molecule has 1 N–H and O–H groups in total. The fourth-order valence-corrected chi connectivity index (χ4v) is 2.64. The molecule has 3 heterocycles. The Labute approximate surface area is 108 Å². The van der Waals surface area contributed by atoms with Gasteiger partial charge in [-0.15, -0.1) is 11.3 Å². The van der Waals surface area contributed by atoms with Gasteiger partial charge in [-0.3, -0.25) is 4.40 Å². The Hall–Kier alpha value is -1.73. The van der Waals surface area contributed by atoms with Gasteiger partial charge in [0.2, 0.25) is 6.39 Å². The van der Waals surface area contributed by atoms with E-state index in [1.165, 1.54) is 12.1 Å². The lowest BCUT2D eigenvalue weighted by atomic mass is 10.3. The van der Waals surface area contributed by atoms with Crippen LogP contribution in [-0.4, -0.2) is 26.1 Å². The molecule has 0 fully saturated rings. The Bertz CT molecular complexity index is 627. The molecule has 7 heteroatoms. The minimum absolute atomic E-state index is 0.730. The second-order valence-electron chi connectivity index (χ2n) is 3.97. The first kappa shape index (κ1) is 11.4. The van der Waals surface area contributed by atoms with Crippen molar-refractivity contribution >= 4 is 16.3 Å². The molecular formula is C11H13N5OS. The Kier molecular flexibility index (Phi) is 3.07. The molecule has 0 radical (unpaired) electrons. The number of aromatic nitrogens is 4. The third-order valence-electron chi connectivity index (χ3n) is 2.79. The maximum absolute atomic E-state index is 4.68. The van der Waals surface area contributed by atoms with Crippen LogP contribution < -0.4 is 5.32 Å². The lowest BCUT2D eigenvalue weighted by Gasteiger charge is -2.03. The van der Waals surface area contributed by atoms with Crippen LogP contribution in [0.2, 0.25) is 0 Å². The Balaban J connectivity index is 1.59. The molecule has 94 valence electrons. The molecule has 3 rings (SSSR count). The Morgan fingerprint density at radius 2 is 2.44 bits per heavy atom. The van der Waals surface area contributed by atoms with Crippen LogP contribution >= 0.6 is 11.3 Å². The van der Waals surface area contributed by atoms with Crippen molar-refractivity contribution in [3.8, 4) is 0 Å². The fraction of sp³-hybridized carbons (Fsp3) is 0.364. The summed E-state index contributed by atoms with van der Waals surface area (Å²) in [5, 5.41) is 9.19. The zero-order chi connectivity index (χ0) is 12.4. The van der Waals surface area contributed by atoms with Crippen molar-refractivity contribution in [1.29, 1.82) is 0 Å². The van der Waals surface area contributed by atoms with Crippen LogP contribution in [-0.2, 0) is 13.0 Å². The predicted molar refractivity (Wildman–Crippen MR) is 67.5 cm³/mol. The molecule has 18 heavy (non-hydrogen) atoms. The third-order valence-corrected chi connectivity index (χ3v) is 3.54. The maximum Gasteiger partial charge on any atom is 0.213 e. The minimum atomic E-state index is 0.730. The molecule has 0 saturated carbocycles. The molecule has 0 bridgehead atoms. The van der Waals surface area contributed by atoms with Gasteiger partial charge in [0.25, 0.3) is 0 Å². The number of hydrogen-bond acceptors (Lipinski definition) is 6. The van der Waals surface area contributed by atoms with Crippen molar-refractivity contribution in [3.05, 3.63) is 35.2 Å². The van der Waals surface area contributed by atoms with Crippen LogP contribution in [0.15, 0.2) is 22.5 Å². The van der Waals surface area contributed by atoms with E-state index in [4.69, 9.17) is 0 Å². The number of rotatable bonds is 5. The SMILES string of the molecule is Cc1nc2sccn2c1CNCCc1ncon1. The average Bonchev–Trinajstić information content (AvgIpc) is 3.03. The van der Waals surface area contributed by atoms with Gasteiger partial charge in [-0.2, -0.15) is 4.98 Å². The summed E-state index contributed by atoms with van der Waals surface area (Å²) in [5.74, 6) is 0.730. The molecule has 6 nitrogen and oxygen atoms in total. The van der Waals surface area contributed by atoms with Crippen molar-refractivity contribution in [2.24, 2.45) is 0 Å². The van der Waals surface area contributed by atoms with Crippen LogP contribution in [0, 0.1) is 6.92 Å². The van der Waals surface area contributed by atoms with E-state index in [9.17, 15) is 0 Å². The summed E-state index contributed by atoms with van der Waals surface area (Å²) in [5.41, 5.74) is 2.29. The summed E-state index contributed by atoms with van der Waals surface area (Å²) in [7, 11) is 0. The van der Waals surface area contributed by atoms with Crippen LogP contribution in [0.4, 0.5) is 0 Å². The standard InChI is InChI=1S/C11H13N5OS/c1-8-9(16-4-5-18-11(16)14-8)6-12-3-2-10-13-7-17-15-10/h4-5,7,12H,2-3,6H2,1H3. The Morgan fingerprint density at radius 3 is 3.28 bits per heavy atom. The summed E-state index contributed by atoms with van der Waals surface area (Å²) in [4.78, 5) is 9.52. The number of hydrogen-bond donors (Lipinski definition) is 1. The number of thiazole rings is 1. The first-order valence-corrected chi connectivity index (χ1v) is 6.59. The van der Waals surface area contributed by atoms with Crippen molar-refractivity contribution in [2.75, 3.05) is 6.54 Å². The monoisotopic (exact) mass is 263 g/mol. The first-order valence-electron chi connectivity index (χ1n) is 5.71. The highest BCUT2D eigenvalue weighted by atomic mass is 32.1. The van der Waals surface area contributed by atoms with Gasteiger partial charge in [0.05, 0.1) is 11.4 Å². The van der Waals surface area contributed by atoms with E-state index in [1.54, 1.807) is 11.3 Å². The summed E-state index contributed by atoms with van der Waals surface area (Å²) in [6, 6.07) is 0. The summed E-state index contributed by atoms with van der Waals surface area (Å²) < 4.78 is 6.81. The fourth-order valence-electron chi connectivity index (χ4n) is 1.86. The van der Waals surface area contributed by atoms with Gasteiger partial charge in [-0.25, -0.2) is 4.98 Å². The molecule has 0 saturated heterocycles. The Morgan fingerprint density at radius 1 is 1.50 bits per heavy atom. The largest absolute Gasteiger partial charge is 0.343 e. The van der Waals surface area contributed by atoms with Crippen molar-refractivity contribution in [1.82, 2.24) is 24.8 Å². The number of imidazole rings is 1. The smallest absolute Gasteiger partial charge is 0.213 e. The third kappa shape index (κ3) is 2.14. The molecule has 0 atom stereocenters. The van der Waals surface area contributed by atoms with Crippen LogP contribution in [0.25, 0.3) is 4.96 Å². The van der Waals surface area contributed by atoms with Gasteiger partial charge in [0, 0.05) is 31.1 Å². The minimum Gasteiger partial charge on any atom is -0.343 e.